The summed E-state index contributed by atoms with van der Waals surface area (Å²) in [4.78, 5) is 0. The third-order valence-electron chi connectivity index (χ3n) is 5.55. The molecule has 2 fully saturated rings. The predicted octanol–water partition coefficient (Wildman–Crippen LogP) is 5.00. The summed E-state index contributed by atoms with van der Waals surface area (Å²) in [6.07, 6.45) is 6.61. The maximum atomic E-state index is 6.29. The van der Waals surface area contributed by atoms with Crippen LogP contribution in [0.2, 0.25) is 5.02 Å². The van der Waals surface area contributed by atoms with Crippen molar-refractivity contribution in [2.24, 2.45) is 11.8 Å². The Hall–Kier alpha value is -0.530. The summed E-state index contributed by atoms with van der Waals surface area (Å²) in [5, 5.41) is 4.82. The lowest BCUT2D eigenvalue weighted by Crippen LogP contribution is -2.47. The monoisotopic (exact) mass is 291 g/mol. The fourth-order valence-electron chi connectivity index (χ4n) is 3.85. The third-order valence-corrected chi connectivity index (χ3v) is 5.90. The molecule has 0 radical (unpaired) electrons. The second kappa shape index (κ2) is 6.07. The molecule has 0 aliphatic heterocycles. The van der Waals surface area contributed by atoms with Crippen LogP contribution in [0.25, 0.3) is 0 Å². The van der Waals surface area contributed by atoms with E-state index in [0.717, 1.165) is 22.9 Å². The SMILES string of the molecule is CC1CCC(NC2CC(c3ccccc3Cl)C2)CC1C. The van der Waals surface area contributed by atoms with Gasteiger partial charge in [0.25, 0.3) is 0 Å². The van der Waals surface area contributed by atoms with Crippen LogP contribution in [0, 0.1) is 11.8 Å². The Morgan fingerprint density at radius 3 is 2.40 bits per heavy atom. The van der Waals surface area contributed by atoms with E-state index in [1.54, 1.807) is 0 Å². The molecule has 1 aromatic rings. The van der Waals surface area contributed by atoms with Crippen molar-refractivity contribution in [3.05, 3.63) is 34.9 Å². The molecule has 0 aromatic heterocycles. The second-order valence-electron chi connectivity index (χ2n) is 7.02. The largest absolute Gasteiger partial charge is 0.311 e. The Balaban J connectivity index is 1.48. The fraction of sp³-hybridized carbons (Fsp3) is 0.667. The zero-order valence-electron chi connectivity index (χ0n) is 12.6. The minimum atomic E-state index is 0.668. The van der Waals surface area contributed by atoms with Crippen LogP contribution in [-0.2, 0) is 0 Å². The molecule has 0 saturated heterocycles. The van der Waals surface area contributed by atoms with Crippen LogP contribution in [0.4, 0.5) is 0 Å². The van der Waals surface area contributed by atoms with Crippen molar-refractivity contribution in [3.63, 3.8) is 0 Å². The Bertz CT molecular complexity index is 452. The molecular weight excluding hydrogens is 266 g/mol. The number of rotatable bonds is 3. The van der Waals surface area contributed by atoms with Crippen molar-refractivity contribution < 1.29 is 0 Å². The first-order valence-corrected chi connectivity index (χ1v) is 8.51. The third kappa shape index (κ3) is 3.04. The molecule has 3 atom stereocenters. The van der Waals surface area contributed by atoms with Crippen LogP contribution in [0.3, 0.4) is 0 Å². The molecule has 0 spiro atoms. The van der Waals surface area contributed by atoms with Gasteiger partial charge in [0.15, 0.2) is 0 Å². The van der Waals surface area contributed by atoms with E-state index in [2.05, 4.69) is 31.3 Å². The molecule has 3 unspecified atom stereocenters. The highest BCUT2D eigenvalue weighted by Gasteiger charge is 2.34. The maximum Gasteiger partial charge on any atom is 0.0440 e. The van der Waals surface area contributed by atoms with Gasteiger partial charge in [-0.3, -0.25) is 0 Å². The second-order valence-corrected chi connectivity index (χ2v) is 7.43. The summed E-state index contributed by atoms with van der Waals surface area (Å²) in [6.45, 7) is 4.81. The Labute approximate surface area is 128 Å². The average molecular weight is 292 g/mol. The van der Waals surface area contributed by atoms with E-state index in [-0.39, 0.29) is 0 Å². The minimum Gasteiger partial charge on any atom is -0.311 e. The molecule has 0 amide bonds. The lowest BCUT2D eigenvalue weighted by atomic mass is 9.74. The predicted molar refractivity (Wildman–Crippen MR) is 86.3 cm³/mol. The molecule has 1 N–H and O–H groups in total. The van der Waals surface area contributed by atoms with E-state index >= 15 is 0 Å². The number of nitrogens with one attached hydrogen (secondary N) is 1. The minimum absolute atomic E-state index is 0.668. The lowest BCUT2D eigenvalue weighted by Gasteiger charge is -2.41. The Kier molecular flexibility index (Phi) is 4.37. The fourth-order valence-corrected chi connectivity index (χ4v) is 4.14. The van der Waals surface area contributed by atoms with Gasteiger partial charge >= 0.3 is 0 Å². The molecule has 110 valence electrons. The van der Waals surface area contributed by atoms with E-state index in [9.17, 15) is 0 Å². The highest BCUT2D eigenvalue weighted by molar-refractivity contribution is 6.31. The molecule has 1 aromatic carbocycles. The van der Waals surface area contributed by atoms with Crippen LogP contribution >= 0.6 is 11.6 Å². The van der Waals surface area contributed by atoms with Crippen molar-refractivity contribution in [2.45, 2.75) is 64.0 Å². The van der Waals surface area contributed by atoms with Gasteiger partial charge in [0.1, 0.15) is 0 Å². The molecule has 3 rings (SSSR count). The molecule has 2 heteroatoms. The molecular formula is C18H26ClN. The summed E-state index contributed by atoms with van der Waals surface area (Å²) < 4.78 is 0. The molecule has 0 bridgehead atoms. The summed E-state index contributed by atoms with van der Waals surface area (Å²) in [5.41, 5.74) is 1.35. The molecule has 1 nitrogen and oxygen atoms in total. The van der Waals surface area contributed by atoms with Crippen LogP contribution in [0.1, 0.15) is 57.4 Å². The van der Waals surface area contributed by atoms with Gasteiger partial charge in [0.2, 0.25) is 0 Å². The van der Waals surface area contributed by atoms with Crippen molar-refractivity contribution in [2.75, 3.05) is 0 Å². The van der Waals surface area contributed by atoms with Crippen molar-refractivity contribution in [3.8, 4) is 0 Å². The molecule has 2 saturated carbocycles. The van der Waals surface area contributed by atoms with Crippen LogP contribution in [-0.4, -0.2) is 12.1 Å². The van der Waals surface area contributed by atoms with E-state index in [1.165, 1.54) is 37.7 Å². The quantitative estimate of drug-likeness (QED) is 0.826. The summed E-state index contributed by atoms with van der Waals surface area (Å²) in [6, 6.07) is 9.78. The first-order chi connectivity index (χ1) is 9.63. The van der Waals surface area contributed by atoms with Gasteiger partial charge in [-0.05, 0) is 61.5 Å². The standard InChI is InChI=1S/C18H26ClN/c1-12-7-8-15(9-13(12)2)20-16-10-14(11-16)17-5-3-4-6-18(17)19/h3-6,12-16,20H,7-11H2,1-2H3. The van der Waals surface area contributed by atoms with E-state index in [0.29, 0.717) is 12.0 Å². The van der Waals surface area contributed by atoms with E-state index < -0.39 is 0 Å². The van der Waals surface area contributed by atoms with E-state index in [4.69, 9.17) is 11.6 Å². The number of hydrogen-bond acceptors (Lipinski definition) is 1. The van der Waals surface area contributed by atoms with Crippen molar-refractivity contribution >= 4 is 11.6 Å². The van der Waals surface area contributed by atoms with Gasteiger partial charge in [-0.2, -0.15) is 0 Å². The zero-order valence-corrected chi connectivity index (χ0v) is 13.4. The van der Waals surface area contributed by atoms with Crippen molar-refractivity contribution in [1.29, 1.82) is 0 Å². The molecule has 0 heterocycles. The van der Waals surface area contributed by atoms with E-state index in [1.807, 2.05) is 12.1 Å². The topological polar surface area (TPSA) is 12.0 Å². The van der Waals surface area contributed by atoms with Crippen molar-refractivity contribution in [1.82, 2.24) is 5.32 Å². The first-order valence-electron chi connectivity index (χ1n) is 8.14. The van der Waals surface area contributed by atoms with Gasteiger partial charge in [0.05, 0.1) is 0 Å². The summed E-state index contributed by atoms with van der Waals surface area (Å²) in [7, 11) is 0. The number of hydrogen-bond donors (Lipinski definition) is 1. The highest BCUT2D eigenvalue weighted by atomic mass is 35.5. The summed E-state index contributed by atoms with van der Waals surface area (Å²) in [5.74, 6) is 2.45. The van der Waals surface area contributed by atoms with Gasteiger partial charge in [-0.25, -0.2) is 0 Å². The Morgan fingerprint density at radius 2 is 1.70 bits per heavy atom. The smallest absolute Gasteiger partial charge is 0.0440 e. The zero-order chi connectivity index (χ0) is 14.1. The Morgan fingerprint density at radius 1 is 0.950 bits per heavy atom. The molecule has 20 heavy (non-hydrogen) atoms. The number of halogens is 1. The maximum absolute atomic E-state index is 6.29. The van der Waals surface area contributed by atoms with Gasteiger partial charge in [-0.15, -0.1) is 0 Å². The lowest BCUT2D eigenvalue weighted by molar-refractivity contribution is 0.183. The van der Waals surface area contributed by atoms with Gasteiger partial charge in [-0.1, -0.05) is 43.6 Å². The van der Waals surface area contributed by atoms with Crippen LogP contribution in [0.15, 0.2) is 24.3 Å². The summed E-state index contributed by atoms with van der Waals surface area (Å²) >= 11 is 6.29. The highest BCUT2D eigenvalue weighted by Crippen LogP contribution is 2.41. The number of benzene rings is 1. The first kappa shape index (κ1) is 14.4. The molecule has 2 aliphatic rings. The molecule has 2 aliphatic carbocycles. The normalized spacial score (nSPS) is 37.5. The van der Waals surface area contributed by atoms with Crippen LogP contribution in [0.5, 0.6) is 0 Å². The van der Waals surface area contributed by atoms with Gasteiger partial charge in [0, 0.05) is 17.1 Å². The van der Waals surface area contributed by atoms with Crippen LogP contribution < -0.4 is 5.32 Å². The average Bonchev–Trinajstić information content (AvgIpc) is 2.39. The van der Waals surface area contributed by atoms with Gasteiger partial charge < -0.3 is 5.32 Å².